The number of phosphoric ester groups is 10. The molecule has 2 aliphatic rings. The highest BCUT2D eigenvalue weighted by Crippen LogP contribution is 2.53. The average Bonchev–Trinajstić information content (AvgIpc) is 1.68. The van der Waals surface area contributed by atoms with E-state index in [2.05, 4.69) is 86.0 Å². The van der Waals surface area contributed by atoms with Crippen LogP contribution in [0.1, 0.15) is 59.3 Å². The van der Waals surface area contributed by atoms with Crippen molar-refractivity contribution >= 4 is 121 Å². The zero-order valence-electron chi connectivity index (χ0n) is 54.3. The number of amides is 4. The van der Waals surface area contributed by atoms with Crippen LogP contribution in [0.3, 0.4) is 0 Å². The second kappa shape index (κ2) is 46.5. The maximum atomic E-state index is 12.7. The standard InChI is InChI=1S/C41H83N2O47P11S/c1-41(2,3)90-91(48,49)33-8-14-71-93(52,53)73-16-18-75-95(56,57)77-20-22-79-97(60,61)81-24-26-83-99(64,65)85-28-30-87-101(68,69)89-32-31-88-100(66,67)86-29-27-84-98(62,63)82-25-23-80-96(58,59)78-21-19-76-94(54,55)74-17-15-72-92(50,51)70-13-6-4-5-7-34-102-36-35-39(46)43(40(36)47)12-11-42-37(44)9-10-38(42)45/h9-10,36H,4-8,11-35H2,1-3H3,(H,48,49)(H,50,51)(H,52,53)(H,54,55)(H,56,57)(H,58,59)(H,60,61)(H,62,63)(H,64,65)(H,66,67)(H,68,69). The van der Waals surface area contributed by atoms with Gasteiger partial charge >= 0.3 is 85.8 Å². The number of phosphoric acid groups is 10. The molecule has 0 aromatic carbocycles. The number of carbonyl (C=O) groups excluding carboxylic acids is 4. The third-order valence-corrected chi connectivity index (χ3v) is 24.0. The number of likely N-dealkylation sites (tertiary alicyclic amines) is 1. The Balaban J connectivity index is 1.47. The fourth-order valence-electron chi connectivity index (χ4n) is 6.87. The Morgan fingerprint density at radius 3 is 0.824 bits per heavy atom. The highest BCUT2D eigenvalue weighted by atomic mass is 32.2. The van der Waals surface area contributed by atoms with Gasteiger partial charge in [0.15, 0.2) is 0 Å². The maximum absolute atomic E-state index is 12.7. The second-order valence-corrected chi connectivity index (χ2v) is 38.0. The van der Waals surface area contributed by atoms with Crippen molar-refractivity contribution in [3.63, 3.8) is 0 Å². The first kappa shape index (κ1) is 97.7. The van der Waals surface area contributed by atoms with Crippen LogP contribution in [0.5, 0.6) is 0 Å². The molecule has 1 saturated heterocycles. The molecule has 12 unspecified atom stereocenters. The molecule has 1 fully saturated rings. The minimum Gasteiger partial charge on any atom is -0.324 e. The predicted molar refractivity (Wildman–Crippen MR) is 339 cm³/mol. The Bertz CT molecular complexity index is 3210. The van der Waals surface area contributed by atoms with Crippen LogP contribution < -0.4 is 0 Å². The van der Waals surface area contributed by atoms with Gasteiger partial charge in [0, 0.05) is 31.7 Å². The molecule has 11 N–H and O–H groups in total. The SMILES string of the molecule is CC(C)(C)OP(=O)(O)CCCOP(=O)(O)OCCOP(=O)(O)OCCOP(=O)(O)OCCOP(=O)(O)OCCOP(=O)(O)OCCOP(=O)(O)OCCOP(=O)(O)OCCOP(=O)(O)OCCOP(=O)(O)OCCOP(=O)(O)OCCCCCCSC1CC(=O)N(CCN2C(=O)C=CC2=O)C1=O. The molecular formula is C41H83N2O47P11S. The van der Waals surface area contributed by atoms with Crippen LogP contribution in [0.4, 0.5) is 0 Å². The number of hydrogen-bond acceptors (Lipinski definition) is 37. The van der Waals surface area contributed by atoms with Crippen LogP contribution in [0.25, 0.3) is 0 Å². The van der Waals surface area contributed by atoms with E-state index < -0.39 is 252 Å². The van der Waals surface area contributed by atoms with E-state index in [4.69, 9.17) is 9.05 Å². The van der Waals surface area contributed by atoms with Gasteiger partial charge in [-0.3, -0.25) is 124 Å². The summed E-state index contributed by atoms with van der Waals surface area (Å²) in [5.41, 5.74) is -0.933. The Labute approximate surface area is 586 Å². The number of unbranched alkanes of at least 4 members (excludes halogenated alkanes) is 3. The summed E-state index contributed by atoms with van der Waals surface area (Å²) in [5, 5.41) is -0.602. The van der Waals surface area contributed by atoms with Gasteiger partial charge in [0.1, 0.15) is 0 Å². The normalized spacial score (nSPS) is 21.3. The van der Waals surface area contributed by atoms with E-state index >= 15 is 0 Å². The fourth-order valence-corrected chi connectivity index (χ4v) is 16.5. The van der Waals surface area contributed by atoms with Crippen LogP contribution in [0.15, 0.2) is 12.2 Å². The highest BCUT2D eigenvalue weighted by Gasteiger charge is 2.40. The molecule has 0 bridgehead atoms. The fraction of sp³-hybridized carbons (Fsp3) is 0.854. The first-order chi connectivity index (χ1) is 47.0. The summed E-state index contributed by atoms with van der Waals surface area (Å²) in [5.74, 6) is -1.34. The van der Waals surface area contributed by atoms with E-state index in [1.165, 1.54) is 11.8 Å². The number of nitrogens with zero attached hydrogens (tertiary/aromatic N) is 2. The summed E-state index contributed by atoms with van der Waals surface area (Å²) in [6, 6.07) is 0. The third kappa shape index (κ3) is 48.3. The molecular weight excluding hydrogens is 1650 g/mol. The number of rotatable bonds is 63. The smallest absolute Gasteiger partial charge is 0.324 e. The summed E-state index contributed by atoms with van der Waals surface area (Å²) in [7, 11) is -53.1. The van der Waals surface area contributed by atoms with E-state index in [0.29, 0.717) is 31.4 Å². The zero-order chi connectivity index (χ0) is 77.2. The molecule has 49 nitrogen and oxygen atoms in total. The summed E-state index contributed by atoms with van der Waals surface area (Å²) in [4.78, 5) is 158. The van der Waals surface area contributed by atoms with E-state index in [0.717, 1.165) is 22.0 Å². The summed E-state index contributed by atoms with van der Waals surface area (Å²) in [6.45, 7) is -12.1. The molecule has 0 radical (unpaired) electrons. The van der Waals surface area contributed by atoms with E-state index in [-0.39, 0.29) is 32.5 Å². The van der Waals surface area contributed by atoms with Gasteiger partial charge in [-0.15, -0.1) is 11.8 Å². The van der Waals surface area contributed by atoms with Crippen LogP contribution in [0.2, 0.25) is 0 Å². The predicted octanol–water partition coefficient (Wildman–Crippen LogP) is 4.06. The number of thioether (sulfide) groups is 1. The molecule has 102 heavy (non-hydrogen) atoms. The van der Waals surface area contributed by atoms with Crippen LogP contribution in [-0.4, -0.2) is 255 Å². The lowest BCUT2D eigenvalue weighted by Gasteiger charge is -2.23. The number of carbonyl (C=O) groups is 4. The molecule has 0 aliphatic carbocycles. The molecule has 0 saturated carbocycles. The van der Waals surface area contributed by atoms with Crippen molar-refractivity contribution in [2.24, 2.45) is 0 Å². The van der Waals surface area contributed by atoms with Crippen molar-refractivity contribution in [2.75, 3.05) is 157 Å². The summed E-state index contributed by atoms with van der Waals surface area (Å²) >= 11 is 1.29. The Morgan fingerprint density at radius 2 is 0.569 bits per heavy atom. The molecule has 12 atom stereocenters. The monoisotopic (exact) mass is 1730 g/mol. The molecule has 4 amide bonds. The zero-order valence-corrected chi connectivity index (χ0v) is 64.9. The number of imide groups is 2. The van der Waals surface area contributed by atoms with Crippen molar-refractivity contribution < 1.29 is 218 Å². The van der Waals surface area contributed by atoms with E-state index in [1.54, 1.807) is 20.8 Å². The van der Waals surface area contributed by atoms with Gasteiger partial charge in [0.05, 0.1) is 149 Å². The van der Waals surface area contributed by atoms with Gasteiger partial charge in [0.25, 0.3) is 11.8 Å². The first-order valence-corrected chi connectivity index (χ1v) is 46.9. The third-order valence-electron chi connectivity index (χ3n) is 10.8. The van der Waals surface area contributed by atoms with Crippen LogP contribution >= 0.6 is 97.6 Å². The van der Waals surface area contributed by atoms with Crippen LogP contribution in [0, 0.1) is 0 Å². The van der Waals surface area contributed by atoms with E-state index in [9.17, 15) is 123 Å². The largest absolute Gasteiger partial charge is 0.472 e. The maximum Gasteiger partial charge on any atom is 0.472 e. The molecule has 61 heteroatoms. The Morgan fingerprint density at radius 1 is 0.343 bits per heavy atom. The minimum atomic E-state index is -5.01. The van der Waals surface area contributed by atoms with Crippen molar-refractivity contribution in [1.82, 2.24) is 9.80 Å². The van der Waals surface area contributed by atoms with Gasteiger partial charge in [0.2, 0.25) is 11.8 Å². The molecule has 2 heterocycles. The van der Waals surface area contributed by atoms with Crippen molar-refractivity contribution in [3.05, 3.63) is 12.2 Å². The number of hydrogen-bond donors (Lipinski definition) is 11. The van der Waals surface area contributed by atoms with Crippen LogP contribution in [-0.2, 0) is 164 Å². The molecule has 0 spiro atoms. The van der Waals surface area contributed by atoms with E-state index in [1.807, 2.05) is 0 Å². The van der Waals surface area contributed by atoms with Crippen molar-refractivity contribution in [2.45, 2.75) is 70.1 Å². The Hall–Kier alpha value is -0.380. The van der Waals surface area contributed by atoms with Gasteiger partial charge in [-0.05, 0) is 45.8 Å². The molecule has 2 rings (SSSR count). The minimum absolute atomic E-state index is 0.0155. The molecule has 600 valence electrons. The summed E-state index contributed by atoms with van der Waals surface area (Å²) < 4.78 is 229. The van der Waals surface area contributed by atoms with Crippen molar-refractivity contribution in [3.8, 4) is 0 Å². The second-order valence-electron chi connectivity index (χ2n) is 20.3. The summed E-state index contributed by atoms with van der Waals surface area (Å²) in [6.07, 6.45) is 3.74. The molecule has 0 aromatic heterocycles. The van der Waals surface area contributed by atoms with Crippen molar-refractivity contribution in [1.29, 1.82) is 0 Å². The quantitative estimate of drug-likeness (QED) is 0.0232. The van der Waals surface area contributed by atoms with Gasteiger partial charge < -0.3 is 58.4 Å². The van der Waals surface area contributed by atoms with Gasteiger partial charge in [-0.25, -0.2) is 45.7 Å². The molecule has 2 aliphatic heterocycles. The lowest BCUT2D eigenvalue weighted by molar-refractivity contribution is -0.142. The van der Waals surface area contributed by atoms with Gasteiger partial charge in [-0.1, -0.05) is 12.8 Å². The lowest BCUT2D eigenvalue weighted by atomic mass is 10.2. The Kier molecular flexibility index (Phi) is 44.5. The lowest BCUT2D eigenvalue weighted by Crippen LogP contribution is -2.41. The topological polar surface area (TPSA) is 679 Å². The molecule has 0 aromatic rings. The average molecular weight is 1730 g/mol. The first-order valence-electron chi connectivity index (χ1n) is 29.2. The van der Waals surface area contributed by atoms with Gasteiger partial charge in [-0.2, -0.15) is 0 Å². The highest BCUT2D eigenvalue weighted by molar-refractivity contribution is 8.00.